The van der Waals surface area contributed by atoms with Crippen LogP contribution in [0.15, 0.2) is 48.5 Å². The van der Waals surface area contributed by atoms with Gasteiger partial charge in [0, 0.05) is 22.3 Å². The van der Waals surface area contributed by atoms with E-state index in [0.717, 1.165) is 5.56 Å². The molecule has 1 atom stereocenters. The largest absolute Gasteiger partial charge is 0.355 e. The SMILES string of the molecule is CCNC(=O)CN(CC)[C@@H](C(=O)Nc1cc(Cl)cc(Cl)c1)c1ccccc1. The maximum Gasteiger partial charge on any atom is 0.246 e. The van der Waals surface area contributed by atoms with Crippen LogP contribution in [0, 0.1) is 0 Å². The molecule has 0 spiro atoms. The molecular formula is C20H23Cl2N3O2. The van der Waals surface area contributed by atoms with Crippen LogP contribution < -0.4 is 10.6 Å². The lowest BCUT2D eigenvalue weighted by Gasteiger charge is -2.29. The van der Waals surface area contributed by atoms with E-state index in [4.69, 9.17) is 23.2 Å². The quantitative estimate of drug-likeness (QED) is 0.691. The fourth-order valence-corrected chi connectivity index (χ4v) is 3.35. The van der Waals surface area contributed by atoms with Crippen molar-refractivity contribution in [2.75, 3.05) is 25.0 Å². The van der Waals surface area contributed by atoms with Crippen LogP contribution in [0.5, 0.6) is 0 Å². The fourth-order valence-electron chi connectivity index (χ4n) is 2.82. The van der Waals surface area contributed by atoms with E-state index < -0.39 is 6.04 Å². The van der Waals surface area contributed by atoms with Crippen molar-refractivity contribution in [3.05, 3.63) is 64.1 Å². The van der Waals surface area contributed by atoms with Gasteiger partial charge in [0.05, 0.1) is 6.54 Å². The van der Waals surface area contributed by atoms with E-state index in [2.05, 4.69) is 10.6 Å². The Morgan fingerprint density at radius 1 is 1.04 bits per heavy atom. The summed E-state index contributed by atoms with van der Waals surface area (Å²) in [5, 5.41) is 6.50. The molecule has 2 N–H and O–H groups in total. The third-order valence-electron chi connectivity index (χ3n) is 3.99. The first-order chi connectivity index (χ1) is 12.9. The van der Waals surface area contributed by atoms with E-state index in [1.165, 1.54) is 0 Å². The number of nitrogens with one attached hydrogen (secondary N) is 2. The molecule has 0 radical (unpaired) electrons. The summed E-state index contributed by atoms with van der Waals surface area (Å²) in [6.07, 6.45) is 0. The number of hydrogen-bond donors (Lipinski definition) is 2. The molecule has 0 fully saturated rings. The van der Waals surface area contributed by atoms with Crippen molar-refractivity contribution in [1.82, 2.24) is 10.2 Å². The average molecular weight is 408 g/mol. The highest BCUT2D eigenvalue weighted by atomic mass is 35.5. The first kappa shape index (κ1) is 21.2. The summed E-state index contributed by atoms with van der Waals surface area (Å²) in [6, 6.07) is 13.6. The number of carbonyl (C=O) groups is 2. The van der Waals surface area contributed by atoms with Gasteiger partial charge in [-0.25, -0.2) is 0 Å². The second kappa shape index (κ2) is 10.3. The normalized spacial score (nSPS) is 11.9. The maximum absolute atomic E-state index is 13.1. The highest BCUT2D eigenvalue weighted by Gasteiger charge is 2.28. The number of anilines is 1. The lowest BCUT2D eigenvalue weighted by molar-refractivity contribution is -0.126. The number of benzene rings is 2. The molecule has 2 aromatic rings. The van der Waals surface area contributed by atoms with Crippen molar-refractivity contribution in [1.29, 1.82) is 0 Å². The molecule has 0 saturated heterocycles. The summed E-state index contributed by atoms with van der Waals surface area (Å²) in [6.45, 7) is 4.96. The molecule has 0 unspecified atom stereocenters. The number of halogens is 2. The van der Waals surface area contributed by atoms with Crippen molar-refractivity contribution in [2.24, 2.45) is 0 Å². The van der Waals surface area contributed by atoms with Crippen molar-refractivity contribution in [3.8, 4) is 0 Å². The van der Waals surface area contributed by atoms with Gasteiger partial charge in [0.15, 0.2) is 0 Å². The van der Waals surface area contributed by atoms with E-state index in [9.17, 15) is 9.59 Å². The minimum absolute atomic E-state index is 0.119. The lowest BCUT2D eigenvalue weighted by atomic mass is 10.0. The Morgan fingerprint density at radius 2 is 1.67 bits per heavy atom. The lowest BCUT2D eigenvalue weighted by Crippen LogP contribution is -2.43. The average Bonchev–Trinajstić information content (AvgIpc) is 2.61. The van der Waals surface area contributed by atoms with Crippen LogP contribution in [-0.4, -0.2) is 36.3 Å². The smallest absolute Gasteiger partial charge is 0.246 e. The summed E-state index contributed by atoms with van der Waals surface area (Å²) < 4.78 is 0. The number of likely N-dealkylation sites (N-methyl/N-ethyl adjacent to an activating group) is 2. The Kier molecular flexibility index (Phi) is 8.10. The molecule has 0 saturated carbocycles. The second-order valence-corrected chi connectivity index (χ2v) is 6.85. The van der Waals surface area contributed by atoms with E-state index >= 15 is 0 Å². The van der Waals surface area contributed by atoms with Gasteiger partial charge < -0.3 is 10.6 Å². The van der Waals surface area contributed by atoms with Gasteiger partial charge in [-0.2, -0.15) is 0 Å². The number of amides is 2. The summed E-state index contributed by atoms with van der Waals surface area (Å²) in [5.74, 6) is -0.385. The third-order valence-corrected chi connectivity index (χ3v) is 4.42. The summed E-state index contributed by atoms with van der Waals surface area (Å²) in [7, 11) is 0. The summed E-state index contributed by atoms with van der Waals surface area (Å²) >= 11 is 12.0. The predicted molar refractivity (Wildman–Crippen MR) is 110 cm³/mol. The Balaban J connectivity index is 2.30. The number of rotatable bonds is 8. The van der Waals surface area contributed by atoms with Gasteiger partial charge >= 0.3 is 0 Å². The zero-order valence-corrected chi connectivity index (χ0v) is 16.8. The maximum atomic E-state index is 13.1. The number of carbonyl (C=O) groups excluding carboxylic acids is 2. The van der Waals surface area contributed by atoms with E-state index in [-0.39, 0.29) is 18.4 Å². The van der Waals surface area contributed by atoms with Gasteiger partial charge in [0.1, 0.15) is 6.04 Å². The Hall–Kier alpha value is -2.08. The van der Waals surface area contributed by atoms with Gasteiger partial charge in [-0.05, 0) is 37.2 Å². The molecule has 0 aliphatic heterocycles. The molecule has 0 aliphatic carbocycles. The second-order valence-electron chi connectivity index (χ2n) is 5.98. The third kappa shape index (κ3) is 6.24. The molecule has 0 aromatic heterocycles. The highest BCUT2D eigenvalue weighted by molar-refractivity contribution is 6.35. The molecule has 7 heteroatoms. The minimum atomic E-state index is -0.628. The molecule has 2 rings (SSSR count). The van der Waals surface area contributed by atoms with Crippen molar-refractivity contribution in [2.45, 2.75) is 19.9 Å². The number of hydrogen-bond acceptors (Lipinski definition) is 3. The molecule has 0 heterocycles. The van der Waals surface area contributed by atoms with E-state index in [1.54, 1.807) is 18.2 Å². The van der Waals surface area contributed by atoms with Crippen LogP contribution in [0.25, 0.3) is 0 Å². The van der Waals surface area contributed by atoms with Gasteiger partial charge in [0.2, 0.25) is 11.8 Å². The van der Waals surface area contributed by atoms with Crippen LogP contribution >= 0.6 is 23.2 Å². The van der Waals surface area contributed by atoms with Crippen molar-refractivity contribution in [3.63, 3.8) is 0 Å². The molecule has 0 aliphatic rings. The Labute approximate surface area is 169 Å². The van der Waals surface area contributed by atoms with Crippen LogP contribution in [-0.2, 0) is 9.59 Å². The Bertz CT molecular complexity index is 764. The summed E-state index contributed by atoms with van der Waals surface area (Å²) in [4.78, 5) is 27.0. The van der Waals surface area contributed by atoms with Crippen LogP contribution in [0.4, 0.5) is 5.69 Å². The monoisotopic (exact) mass is 407 g/mol. The van der Waals surface area contributed by atoms with Gasteiger partial charge in [-0.1, -0.05) is 60.5 Å². The first-order valence-corrected chi connectivity index (χ1v) is 9.52. The van der Waals surface area contributed by atoms with Crippen molar-refractivity contribution < 1.29 is 9.59 Å². The molecule has 2 aromatic carbocycles. The highest BCUT2D eigenvalue weighted by Crippen LogP contribution is 2.26. The van der Waals surface area contributed by atoms with Crippen molar-refractivity contribution >= 4 is 40.7 Å². The topological polar surface area (TPSA) is 61.4 Å². The molecule has 0 bridgehead atoms. The fraction of sp³-hybridized carbons (Fsp3) is 0.300. The predicted octanol–water partition coefficient (Wildman–Crippen LogP) is 4.13. The minimum Gasteiger partial charge on any atom is -0.355 e. The van der Waals surface area contributed by atoms with Crippen LogP contribution in [0.3, 0.4) is 0 Å². The summed E-state index contributed by atoms with van der Waals surface area (Å²) in [5.41, 5.74) is 1.31. The van der Waals surface area contributed by atoms with Gasteiger partial charge in [-0.3, -0.25) is 14.5 Å². The molecule has 144 valence electrons. The number of nitrogens with zero attached hydrogens (tertiary/aromatic N) is 1. The van der Waals surface area contributed by atoms with Gasteiger partial charge in [0.25, 0.3) is 0 Å². The molecular weight excluding hydrogens is 385 g/mol. The van der Waals surface area contributed by atoms with Gasteiger partial charge in [-0.15, -0.1) is 0 Å². The zero-order chi connectivity index (χ0) is 19.8. The van der Waals surface area contributed by atoms with Crippen LogP contribution in [0.1, 0.15) is 25.5 Å². The van der Waals surface area contributed by atoms with E-state index in [0.29, 0.717) is 28.8 Å². The molecule has 27 heavy (non-hydrogen) atoms. The molecule has 2 amide bonds. The van der Waals surface area contributed by atoms with E-state index in [1.807, 2.05) is 49.1 Å². The molecule has 5 nitrogen and oxygen atoms in total. The van der Waals surface area contributed by atoms with Crippen LogP contribution in [0.2, 0.25) is 10.0 Å². The first-order valence-electron chi connectivity index (χ1n) is 8.77. The zero-order valence-electron chi connectivity index (χ0n) is 15.3. The Morgan fingerprint density at radius 3 is 2.22 bits per heavy atom. The standard InChI is InChI=1S/C20H23Cl2N3O2/c1-3-23-18(26)13-25(4-2)19(14-8-6-5-7-9-14)20(27)24-17-11-15(21)10-16(22)12-17/h5-12,19H,3-4,13H2,1-2H3,(H,23,26)(H,24,27)/t19-/m1/s1.